The average Bonchev–Trinajstić information content (AvgIpc) is 2.65. The lowest BCUT2D eigenvalue weighted by Crippen LogP contribution is -2.18. The number of amides is 2. The Balaban J connectivity index is 1.96. The SMILES string of the molecule is C=C(C)COc1cnc(C(=O)Nc2cccc(CCC(=O)NC)c2)cn1. The maximum Gasteiger partial charge on any atom is 0.275 e. The Kier molecular flexibility index (Phi) is 6.84. The van der Waals surface area contributed by atoms with Crippen molar-refractivity contribution in [3.8, 4) is 5.88 Å². The summed E-state index contributed by atoms with van der Waals surface area (Å²) in [6, 6.07) is 7.35. The molecule has 2 amide bonds. The molecular formula is C19H22N4O3. The molecular weight excluding hydrogens is 332 g/mol. The zero-order valence-electron chi connectivity index (χ0n) is 14.9. The van der Waals surface area contributed by atoms with Crippen LogP contribution in [0.15, 0.2) is 48.8 Å². The van der Waals surface area contributed by atoms with Crippen molar-refractivity contribution in [2.24, 2.45) is 0 Å². The van der Waals surface area contributed by atoms with Crippen molar-refractivity contribution in [1.82, 2.24) is 15.3 Å². The van der Waals surface area contributed by atoms with E-state index in [2.05, 4.69) is 27.2 Å². The van der Waals surface area contributed by atoms with Gasteiger partial charge in [0.15, 0.2) is 0 Å². The van der Waals surface area contributed by atoms with Crippen molar-refractivity contribution in [2.75, 3.05) is 19.0 Å². The van der Waals surface area contributed by atoms with Crippen LogP contribution >= 0.6 is 0 Å². The van der Waals surface area contributed by atoms with E-state index in [-0.39, 0.29) is 17.5 Å². The zero-order valence-corrected chi connectivity index (χ0v) is 14.9. The molecule has 26 heavy (non-hydrogen) atoms. The number of aryl methyl sites for hydroxylation is 1. The molecule has 0 aliphatic carbocycles. The molecule has 0 bridgehead atoms. The van der Waals surface area contributed by atoms with Gasteiger partial charge in [0.05, 0.1) is 12.4 Å². The molecule has 0 saturated heterocycles. The summed E-state index contributed by atoms with van der Waals surface area (Å²) in [5.41, 5.74) is 2.64. The van der Waals surface area contributed by atoms with Gasteiger partial charge in [-0.1, -0.05) is 18.7 Å². The molecule has 0 atom stereocenters. The van der Waals surface area contributed by atoms with Crippen LogP contribution in [0.5, 0.6) is 5.88 Å². The molecule has 0 saturated carbocycles. The molecule has 0 spiro atoms. The topological polar surface area (TPSA) is 93.2 Å². The van der Waals surface area contributed by atoms with Gasteiger partial charge in [0.2, 0.25) is 11.8 Å². The standard InChI is InChI=1S/C19H22N4O3/c1-13(2)12-26-18-11-21-16(10-22-18)19(25)23-15-6-4-5-14(9-15)7-8-17(24)20-3/h4-6,9-11H,1,7-8,12H2,2-3H3,(H,20,24)(H,23,25). The Morgan fingerprint density at radius 2 is 2.04 bits per heavy atom. The van der Waals surface area contributed by atoms with Gasteiger partial charge in [-0.2, -0.15) is 0 Å². The third-order valence-electron chi connectivity index (χ3n) is 3.43. The van der Waals surface area contributed by atoms with Crippen LogP contribution < -0.4 is 15.4 Å². The van der Waals surface area contributed by atoms with E-state index in [1.54, 1.807) is 13.1 Å². The van der Waals surface area contributed by atoms with Gasteiger partial charge in [-0.3, -0.25) is 9.59 Å². The summed E-state index contributed by atoms with van der Waals surface area (Å²) < 4.78 is 5.35. The number of carbonyl (C=O) groups excluding carboxylic acids is 2. The van der Waals surface area contributed by atoms with E-state index in [9.17, 15) is 9.59 Å². The van der Waals surface area contributed by atoms with Gasteiger partial charge in [0, 0.05) is 19.2 Å². The number of benzene rings is 1. The molecule has 1 aromatic carbocycles. The van der Waals surface area contributed by atoms with Crippen molar-refractivity contribution in [2.45, 2.75) is 19.8 Å². The van der Waals surface area contributed by atoms with E-state index >= 15 is 0 Å². The lowest BCUT2D eigenvalue weighted by atomic mass is 10.1. The van der Waals surface area contributed by atoms with Crippen LogP contribution in [0.4, 0.5) is 5.69 Å². The molecule has 2 N–H and O–H groups in total. The number of nitrogens with zero attached hydrogens (tertiary/aromatic N) is 2. The van der Waals surface area contributed by atoms with Crippen LogP contribution in [-0.4, -0.2) is 35.4 Å². The van der Waals surface area contributed by atoms with Crippen LogP contribution in [0, 0.1) is 0 Å². The third-order valence-corrected chi connectivity index (χ3v) is 3.43. The molecule has 7 nitrogen and oxygen atoms in total. The molecule has 0 aliphatic rings. The highest BCUT2D eigenvalue weighted by Gasteiger charge is 2.10. The Bertz CT molecular complexity index is 788. The number of anilines is 1. The predicted octanol–water partition coefficient (Wildman–Crippen LogP) is 2.36. The zero-order chi connectivity index (χ0) is 18.9. The minimum absolute atomic E-state index is 0.0244. The van der Waals surface area contributed by atoms with Crippen LogP contribution in [0.3, 0.4) is 0 Å². The number of carbonyl (C=O) groups is 2. The number of hydrogen-bond donors (Lipinski definition) is 2. The smallest absolute Gasteiger partial charge is 0.275 e. The van der Waals surface area contributed by atoms with Gasteiger partial charge < -0.3 is 15.4 Å². The maximum absolute atomic E-state index is 12.3. The van der Waals surface area contributed by atoms with Gasteiger partial charge in [0.25, 0.3) is 5.91 Å². The molecule has 2 aromatic rings. The largest absolute Gasteiger partial charge is 0.472 e. The van der Waals surface area contributed by atoms with Crippen molar-refractivity contribution in [3.63, 3.8) is 0 Å². The van der Waals surface area contributed by atoms with Crippen molar-refractivity contribution < 1.29 is 14.3 Å². The average molecular weight is 354 g/mol. The first-order chi connectivity index (χ1) is 12.5. The Labute approximate surface area is 152 Å². The molecule has 0 radical (unpaired) electrons. The lowest BCUT2D eigenvalue weighted by molar-refractivity contribution is -0.120. The molecule has 1 heterocycles. The Morgan fingerprint density at radius 1 is 1.23 bits per heavy atom. The fourth-order valence-corrected chi connectivity index (χ4v) is 2.09. The van der Waals surface area contributed by atoms with Gasteiger partial charge in [-0.05, 0) is 36.6 Å². The first-order valence-corrected chi connectivity index (χ1v) is 8.18. The van der Waals surface area contributed by atoms with Crippen molar-refractivity contribution >= 4 is 17.5 Å². The summed E-state index contributed by atoms with van der Waals surface area (Å²) in [5.74, 6) is -0.0585. The van der Waals surface area contributed by atoms with Crippen LogP contribution in [0.25, 0.3) is 0 Å². The number of ether oxygens (including phenoxy) is 1. The monoisotopic (exact) mass is 354 g/mol. The second-order valence-corrected chi connectivity index (χ2v) is 5.81. The number of nitrogens with one attached hydrogen (secondary N) is 2. The minimum atomic E-state index is -0.368. The molecule has 1 aromatic heterocycles. The van der Waals surface area contributed by atoms with E-state index in [0.29, 0.717) is 31.0 Å². The van der Waals surface area contributed by atoms with Gasteiger partial charge in [-0.25, -0.2) is 9.97 Å². The molecule has 0 fully saturated rings. The van der Waals surface area contributed by atoms with Crippen LogP contribution in [0.1, 0.15) is 29.4 Å². The molecule has 0 aliphatic heterocycles. The summed E-state index contributed by atoms with van der Waals surface area (Å²) in [4.78, 5) is 31.7. The van der Waals surface area contributed by atoms with Crippen molar-refractivity contribution in [1.29, 1.82) is 0 Å². The first kappa shape index (κ1) is 19.1. The highest BCUT2D eigenvalue weighted by atomic mass is 16.5. The quantitative estimate of drug-likeness (QED) is 0.710. The van der Waals surface area contributed by atoms with E-state index < -0.39 is 0 Å². The Hall–Kier alpha value is -3.22. The minimum Gasteiger partial charge on any atom is -0.472 e. The first-order valence-electron chi connectivity index (χ1n) is 8.18. The van der Waals surface area contributed by atoms with E-state index in [4.69, 9.17) is 4.74 Å². The van der Waals surface area contributed by atoms with Gasteiger partial charge >= 0.3 is 0 Å². The fourth-order valence-electron chi connectivity index (χ4n) is 2.09. The number of hydrogen-bond acceptors (Lipinski definition) is 5. The van der Waals surface area contributed by atoms with E-state index in [0.717, 1.165) is 11.1 Å². The predicted molar refractivity (Wildman–Crippen MR) is 99.1 cm³/mol. The summed E-state index contributed by atoms with van der Waals surface area (Å²) in [7, 11) is 1.61. The lowest BCUT2D eigenvalue weighted by Gasteiger charge is -2.08. The highest BCUT2D eigenvalue weighted by Crippen LogP contribution is 2.14. The molecule has 2 rings (SSSR count). The molecule has 0 unspecified atom stereocenters. The summed E-state index contributed by atoms with van der Waals surface area (Å²) in [5, 5.41) is 5.36. The van der Waals surface area contributed by atoms with Crippen LogP contribution in [0.2, 0.25) is 0 Å². The maximum atomic E-state index is 12.3. The van der Waals surface area contributed by atoms with E-state index in [1.807, 2.05) is 25.1 Å². The second-order valence-electron chi connectivity index (χ2n) is 5.81. The summed E-state index contributed by atoms with van der Waals surface area (Å²) in [6.07, 6.45) is 3.75. The third kappa shape index (κ3) is 6.01. The number of rotatable bonds is 8. The molecule has 136 valence electrons. The summed E-state index contributed by atoms with van der Waals surface area (Å²) in [6.45, 7) is 5.93. The Morgan fingerprint density at radius 3 is 2.69 bits per heavy atom. The van der Waals surface area contributed by atoms with Crippen LogP contribution in [-0.2, 0) is 11.2 Å². The molecule has 7 heteroatoms. The van der Waals surface area contributed by atoms with E-state index in [1.165, 1.54) is 12.4 Å². The normalized spacial score (nSPS) is 10.1. The fraction of sp³-hybridized carbons (Fsp3) is 0.263. The highest BCUT2D eigenvalue weighted by molar-refractivity contribution is 6.02. The van der Waals surface area contributed by atoms with Gasteiger partial charge in [0.1, 0.15) is 12.3 Å². The second kappa shape index (κ2) is 9.31. The number of aromatic nitrogens is 2. The van der Waals surface area contributed by atoms with Crippen molar-refractivity contribution in [3.05, 3.63) is 60.1 Å². The summed E-state index contributed by atoms with van der Waals surface area (Å²) >= 11 is 0. The van der Waals surface area contributed by atoms with Gasteiger partial charge in [-0.15, -0.1) is 0 Å².